The average molecular weight is 527 g/mol. The van der Waals surface area contributed by atoms with Crippen LogP contribution in [0.1, 0.15) is 30.5 Å². The number of halogens is 3. The topological polar surface area (TPSA) is 76.2 Å². The summed E-state index contributed by atoms with van der Waals surface area (Å²) in [6, 6.07) is 10.2. The molecule has 2 aliphatic rings. The molecule has 1 fully saturated rings. The lowest BCUT2D eigenvalue weighted by atomic mass is 10.1. The minimum absolute atomic E-state index is 0.235. The summed E-state index contributed by atoms with van der Waals surface area (Å²) in [6.45, 7) is 5.09. The summed E-state index contributed by atoms with van der Waals surface area (Å²) in [6.07, 6.45) is -3.96. The minimum atomic E-state index is -4.74. The molecular weight excluding hydrogens is 497 g/mol. The van der Waals surface area contributed by atoms with Crippen LogP contribution in [0.4, 0.5) is 13.2 Å². The first-order chi connectivity index (χ1) is 16.9. The normalized spacial score (nSPS) is 23.3. The zero-order chi connectivity index (χ0) is 26.3. The second-order valence-corrected chi connectivity index (χ2v) is 11.3. The molecule has 0 amide bonds. The van der Waals surface area contributed by atoms with Crippen LogP contribution in [0, 0.1) is 5.92 Å². The van der Waals surface area contributed by atoms with Crippen molar-refractivity contribution in [2.75, 3.05) is 20.2 Å². The standard InChI is InChI=1S/C25H29F3N2O5S/c1-16-13-29(15-18-7-9-21(10-8-18)35-25(26,27)28)14-17(2)30(16)36(32,33)23-6-4-5-19-11-20(12-22(19)23)24(31)34-3/h4-10,16-17,20H,11-15H2,1-3H3. The quantitative estimate of drug-likeness (QED) is 0.534. The predicted molar refractivity (Wildman–Crippen MR) is 126 cm³/mol. The van der Waals surface area contributed by atoms with Gasteiger partial charge in [-0.05, 0) is 61.6 Å². The van der Waals surface area contributed by atoms with Gasteiger partial charge in [0.15, 0.2) is 0 Å². The van der Waals surface area contributed by atoms with Gasteiger partial charge in [-0.25, -0.2) is 8.42 Å². The smallest absolute Gasteiger partial charge is 0.469 e. The Morgan fingerprint density at radius 1 is 1.03 bits per heavy atom. The summed E-state index contributed by atoms with van der Waals surface area (Å²) in [7, 11) is -2.50. The van der Waals surface area contributed by atoms with Gasteiger partial charge in [0, 0.05) is 31.7 Å². The number of benzene rings is 2. The first-order valence-corrected chi connectivity index (χ1v) is 13.1. The first kappa shape index (κ1) is 26.4. The molecule has 1 aliphatic carbocycles. The van der Waals surface area contributed by atoms with Gasteiger partial charge in [-0.1, -0.05) is 24.3 Å². The molecule has 11 heteroatoms. The number of hydrogen-bond acceptors (Lipinski definition) is 6. The SMILES string of the molecule is COC(=O)C1Cc2cccc(S(=O)(=O)N3C(C)CN(Cc4ccc(OC(F)(F)F)cc4)CC3C)c2C1. The molecule has 0 saturated carbocycles. The van der Waals surface area contributed by atoms with Crippen LogP contribution >= 0.6 is 0 Å². The summed E-state index contributed by atoms with van der Waals surface area (Å²) < 4.78 is 75.1. The van der Waals surface area contributed by atoms with Crippen molar-refractivity contribution in [3.05, 3.63) is 59.2 Å². The van der Waals surface area contributed by atoms with Crippen LogP contribution in [0.15, 0.2) is 47.4 Å². The molecule has 0 bridgehead atoms. The number of esters is 1. The number of piperazine rings is 1. The van der Waals surface area contributed by atoms with Crippen molar-refractivity contribution in [2.45, 2.75) is 56.6 Å². The Morgan fingerprint density at radius 2 is 1.67 bits per heavy atom. The third-order valence-corrected chi connectivity index (χ3v) is 8.93. The number of sulfonamides is 1. The van der Waals surface area contributed by atoms with E-state index in [9.17, 15) is 26.4 Å². The third-order valence-electron chi connectivity index (χ3n) is 6.71. The zero-order valence-corrected chi connectivity index (χ0v) is 21.1. The molecule has 196 valence electrons. The Kier molecular flexibility index (Phi) is 7.36. The highest BCUT2D eigenvalue weighted by Gasteiger charge is 2.41. The van der Waals surface area contributed by atoms with E-state index in [1.807, 2.05) is 19.9 Å². The van der Waals surface area contributed by atoms with E-state index in [1.54, 1.807) is 24.3 Å². The van der Waals surface area contributed by atoms with Gasteiger partial charge < -0.3 is 9.47 Å². The monoisotopic (exact) mass is 526 g/mol. The van der Waals surface area contributed by atoms with Crippen LogP contribution in [0.25, 0.3) is 0 Å². The van der Waals surface area contributed by atoms with Crippen LogP contribution in [0.3, 0.4) is 0 Å². The molecule has 2 aromatic rings. The fraction of sp³-hybridized carbons (Fsp3) is 0.480. The molecule has 0 aromatic heterocycles. The number of carbonyl (C=O) groups excluding carboxylic acids is 1. The first-order valence-electron chi connectivity index (χ1n) is 11.7. The summed E-state index contributed by atoms with van der Waals surface area (Å²) in [4.78, 5) is 14.4. The summed E-state index contributed by atoms with van der Waals surface area (Å²) in [5.41, 5.74) is 2.33. The predicted octanol–water partition coefficient (Wildman–Crippen LogP) is 3.76. The zero-order valence-electron chi connectivity index (χ0n) is 20.3. The van der Waals surface area contributed by atoms with E-state index in [4.69, 9.17) is 4.74 Å². The fourth-order valence-electron chi connectivity index (χ4n) is 5.38. The number of rotatable bonds is 6. The van der Waals surface area contributed by atoms with E-state index in [2.05, 4.69) is 9.64 Å². The number of nitrogens with zero attached hydrogens (tertiary/aromatic N) is 2. The summed E-state index contributed by atoms with van der Waals surface area (Å²) in [5, 5.41) is 0. The fourth-order valence-corrected chi connectivity index (χ4v) is 7.47. The average Bonchev–Trinajstić information content (AvgIpc) is 3.22. The van der Waals surface area contributed by atoms with Crippen LogP contribution in [0.5, 0.6) is 5.75 Å². The Morgan fingerprint density at radius 3 is 2.25 bits per heavy atom. The van der Waals surface area contributed by atoms with Crippen molar-refractivity contribution in [3.63, 3.8) is 0 Å². The van der Waals surface area contributed by atoms with Gasteiger partial charge >= 0.3 is 12.3 Å². The van der Waals surface area contributed by atoms with E-state index in [0.29, 0.717) is 38.0 Å². The number of hydrogen-bond donors (Lipinski definition) is 0. The van der Waals surface area contributed by atoms with E-state index >= 15 is 0 Å². The van der Waals surface area contributed by atoms with Crippen molar-refractivity contribution < 1.29 is 35.9 Å². The second kappa shape index (κ2) is 10.0. The molecule has 0 N–H and O–H groups in total. The Bertz CT molecular complexity index is 1210. The van der Waals surface area contributed by atoms with Gasteiger partial charge in [0.05, 0.1) is 17.9 Å². The lowest BCUT2D eigenvalue weighted by Gasteiger charge is -2.43. The molecule has 4 rings (SSSR count). The van der Waals surface area contributed by atoms with Crippen molar-refractivity contribution in [2.24, 2.45) is 5.92 Å². The molecule has 1 aliphatic heterocycles. The van der Waals surface area contributed by atoms with E-state index in [1.165, 1.54) is 23.5 Å². The minimum Gasteiger partial charge on any atom is -0.469 e. The Balaban J connectivity index is 1.48. The molecule has 7 nitrogen and oxygen atoms in total. The van der Waals surface area contributed by atoms with Gasteiger partial charge in [-0.2, -0.15) is 4.31 Å². The highest BCUT2D eigenvalue weighted by Crippen LogP contribution is 2.36. The molecule has 0 radical (unpaired) electrons. The Labute approximate surface area is 208 Å². The van der Waals surface area contributed by atoms with E-state index in [-0.39, 0.29) is 34.6 Å². The lowest BCUT2D eigenvalue weighted by molar-refractivity contribution is -0.274. The molecule has 2 aromatic carbocycles. The number of alkyl halides is 3. The largest absolute Gasteiger partial charge is 0.573 e. The number of ether oxygens (including phenoxy) is 2. The number of carbonyl (C=O) groups is 1. The molecule has 1 heterocycles. The van der Waals surface area contributed by atoms with Gasteiger partial charge in [0.25, 0.3) is 0 Å². The van der Waals surface area contributed by atoms with Crippen molar-refractivity contribution in [1.82, 2.24) is 9.21 Å². The molecule has 0 spiro atoms. The van der Waals surface area contributed by atoms with Gasteiger partial charge in [-0.15, -0.1) is 13.2 Å². The van der Waals surface area contributed by atoms with Crippen molar-refractivity contribution in [3.8, 4) is 5.75 Å². The Hall–Kier alpha value is -2.63. The second-order valence-electron chi connectivity index (χ2n) is 9.44. The van der Waals surface area contributed by atoms with Gasteiger partial charge in [-0.3, -0.25) is 9.69 Å². The summed E-state index contributed by atoms with van der Waals surface area (Å²) >= 11 is 0. The van der Waals surface area contributed by atoms with E-state index in [0.717, 1.165) is 11.1 Å². The van der Waals surface area contributed by atoms with Gasteiger partial charge in [0.2, 0.25) is 10.0 Å². The molecule has 36 heavy (non-hydrogen) atoms. The molecular formula is C25H29F3N2O5S. The van der Waals surface area contributed by atoms with Crippen LogP contribution < -0.4 is 4.74 Å². The highest BCUT2D eigenvalue weighted by molar-refractivity contribution is 7.89. The lowest BCUT2D eigenvalue weighted by Crippen LogP contribution is -2.58. The van der Waals surface area contributed by atoms with Crippen molar-refractivity contribution >= 4 is 16.0 Å². The van der Waals surface area contributed by atoms with E-state index < -0.39 is 16.4 Å². The molecule has 1 saturated heterocycles. The van der Waals surface area contributed by atoms with Crippen molar-refractivity contribution in [1.29, 1.82) is 0 Å². The molecule has 3 atom stereocenters. The molecule has 3 unspecified atom stereocenters. The third kappa shape index (κ3) is 5.52. The van der Waals surface area contributed by atoms with Crippen LogP contribution in [-0.4, -0.2) is 62.2 Å². The number of methoxy groups -OCH3 is 1. The maximum absolute atomic E-state index is 13.8. The van der Waals surface area contributed by atoms with Crippen LogP contribution in [-0.2, 0) is 38.9 Å². The summed E-state index contributed by atoms with van der Waals surface area (Å²) in [5.74, 6) is -1.02. The maximum atomic E-state index is 13.8. The van der Waals surface area contributed by atoms with Gasteiger partial charge in [0.1, 0.15) is 5.75 Å². The maximum Gasteiger partial charge on any atom is 0.573 e. The number of fused-ring (bicyclic) bond motifs is 1. The highest BCUT2D eigenvalue weighted by atomic mass is 32.2. The van der Waals surface area contributed by atoms with Crippen LogP contribution in [0.2, 0.25) is 0 Å².